The third-order valence-corrected chi connectivity index (χ3v) is 5.46. The molecule has 1 saturated heterocycles. The summed E-state index contributed by atoms with van der Waals surface area (Å²) in [6.07, 6.45) is 4.50. The lowest BCUT2D eigenvalue weighted by Gasteiger charge is -2.31. The molecule has 0 saturated carbocycles. The lowest BCUT2D eigenvalue weighted by Crippen LogP contribution is -2.41. The van der Waals surface area contributed by atoms with Crippen LogP contribution in [-0.2, 0) is 4.79 Å². The first-order valence-electron chi connectivity index (χ1n) is 8.96. The number of carbonyl (C=O) groups excluding carboxylic acids is 2. The van der Waals surface area contributed by atoms with Crippen LogP contribution in [0.25, 0.3) is 5.82 Å². The standard InChI is InChI=1S/C18H19N7O2S/c1-12-14(10-21-25(12)15-4-2-3-7-19-15)17(27)24-8-5-13(6-9-24)16(26)22-18-23-20-11-28-18/h2-4,7,10-11,13H,5-6,8-9H2,1H3,(H,22,23,26). The van der Waals surface area contributed by atoms with Gasteiger partial charge >= 0.3 is 0 Å². The third kappa shape index (κ3) is 3.63. The number of amides is 2. The minimum absolute atomic E-state index is 0.0667. The fourth-order valence-electron chi connectivity index (χ4n) is 3.28. The number of carbonyl (C=O) groups is 2. The van der Waals surface area contributed by atoms with Crippen LogP contribution >= 0.6 is 11.3 Å². The molecular weight excluding hydrogens is 378 g/mol. The van der Waals surface area contributed by atoms with Gasteiger partial charge in [0.25, 0.3) is 5.91 Å². The molecule has 28 heavy (non-hydrogen) atoms. The van der Waals surface area contributed by atoms with Crippen LogP contribution in [0.5, 0.6) is 0 Å². The molecule has 2 amide bonds. The van der Waals surface area contributed by atoms with Gasteiger partial charge in [0.05, 0.1) is 17.5 Å². The Morgan fingerprint density at radius 3 is 2.75 bits per heavy atom. The Labute approximate surface area is 165 Å². The SMILES string of the molecule is Cc1c(C(=O)N2CCC(C(=O)Nc3nncs3)CC2)cnn1-c1ccccn1. The molecule has 0 aromatic carbocycles. The summed E-state index contributed by atoms with van der Waals surface area (Å²) >= 11 is 1.29. The van der Waals surface area contributed by atoms with E-state index in [0.29, 0.717) is 42.4 Å². The minimum atomic E-state index is -0.134. The number of anilines is 1. The van der Waals surface area contributed by atoms with E-state index in [-0.39, 0.29) is 17.7 Å². The lowest BCUT2D eigenvalue weighted by atomic mass is 9.95. The average molecular weight is 397 g/mol. The van der Waals surface area contributed by atoms with Crippen LogP contribution < -0.4 is 5.32 Å². The minimum Gasteiger partial charge on any atom is -0.338 e. The van der Waals surface area contributed by atoms with E-state index in [0.717, 1.165) is 5.69 Å². The predicted octanol–water partition coefficient (Wildman–Crippen LogP) is 1.92. The monoisotopic (exact) mass is 397 g/mol. The molecule has 0 radical (unpaired) electrons. The van der Waals surface area contributed by atoms with Gasteiger partial charge in [-0.2, -0.15) is 5.10 Å². The first kappa shape index (κ1) is 18.2. The quantitative estimate of drug-likeness (QED) is 0.721. The van der Waals surface area contributed by atoms with Crippen molar-refractivity contribution in [2.45, 2.75) is 19.8 Å². The van der Waals surface area contributed by atoms with E-state index in [4.69, 9.17) is 0 Å². The molecule has 0 unspecified atom stereocenters. The first-order chi connectivity index (χ1) is 13.6. The largest absolute Gasteiger partial charge is 0.338 e. The zero-order valence-corrected chi connectivity index (χ0v) is 16.1. The molecule has 4 rings (SSSR count). The summed E-state index contributed by atoms with van der Waals surface area (Å²) in [5.41, 5.74) is 2.88. The van der Waals surface area contributed by atoms with Gasteiger partial charge in [0.2, 0.25) is 11.0 Å². The van der Waals surface area contributed by atoms with Crippen molar-refractivity contribution in [3.05, 3.63) is 47.4 Å². The Kier molecular flexibility index (Phi) is 5.11. The summed E-state index contributed by atoms with van der Waals surface area (Å²) in [5, 5.41) is 15.1. The second-order valence-corrected chi connectivity index (χ2v) is 7.38. The Morgan fingerprint density at radius 1 is 1.25 bits per heavy atom. The van der Waals surface area contributed by atoms with Crippen LogP contribution in [0.15, 0.2) is 36.1 Å². The molecule has 4 heterocycles. The summed E-state index contributed by atoms with van der Waals surface area (Å²) in [7, 11) is 0. The molecule has 3 aromatic rings. The molecule has 10 heteroatoms. The number of hydrogen-bond acceptors (Lipinski definition) is 7. The maximum Gasteiger partial charge on any atom is 0.257 e. The van der Waals surface area contributed by atoms with Crippen molar-refractivity contribution in [1.82, 2.24) is 29.9 Å². The molecule has 0 atom stereocenters. The van der Waals surface area contributed by atoms with E-state index in [1.165, 1.54) is 11.3 Å². The van der Waals surface area contributed by atoms with Crippen molar-refractivity contribution < 1.29 is 9.59 Å². The van der Waals surface area contributed by atoms with Crippen molar-refractivity contribution in [3.8, 4) is 5.82 Å². The van der Waals surface area contributed by atoms with Gasteiger partial charge in [0.15, 0.2) is 5.82 Å². The summed E-state index contributed by atoms with van der Waals surface area (Å²) < 4.78 is 1.66. The maximum absolute atomic E-state index is 12.9. The van der Waals surface area contributed by atoms with Crippen LogP contribution in [0, 0.1) is 12.8 Å². The van der Waals surface area contributed by atoms with Crippen LogP contribution in [0.4, 0.5) is 5.13 Å². The van der Waals surface area contributed by atoms with Crippen LogP contribution in [0.2, 0.25) is 0 Å². The summed E-state index contributed by atoms with van der Waals surface area (Å²) in [5.74, 6) is 0.405. The van der Waals surface area contributed by atoms with E-state index in [1.54, 1.807) is 27.5 Å². The number of piperidine rings is 1. The second kappa shape index (κ2) is 7.85. The first-order valence-corrected chi connectivity index (χ1v) is 9.84. The number of pyridine rings is 1. The van der Waals surface area contributed by atoms with Crippen molar-refractivity contribution in [3.63, 3.8) is 0 Å². The van der Waals surface area contributed by atoms with Crippen LogP contribution in [-0.4, -0.2) is 54.8 Å². The highest BCUT2D eigenvalue weighted by Crippen LogP contribution is 2.22. The van der Waals surface area contributed by atoms with Crippen LogP contribution in [0.1, 0.15) is 28.9 Å². The number of nitrogens with one attached hydrogen (secondary N) is 1. The van der Waals surface area contributed by atoms with E-state index in [1.807, 2.05) is 25.1 Å². The molecule has 0 aliphatic carbocycles. The Bertz CT molecular complexity index is 963. The van der Waals surface area contributed by atoms with E-state index in [2.05, 4.69) is 25.6 Å². The molecule has 1 aliphatic heterocycles. The predicted molar refractivity (Wildman–Crippen MR) is 103 cm³/mol. The number of hydrogen-bond donors (Lipinski definition) is 1. The van der Waals surface area contributed by atoms with Gasteiger partial charge in [0.1, 0.15) is 5.51 Å². The van der Waals surface area contributed by atoms with Gasteiger partial charge in [-0.05, 0) is 31.9 Å². The molecule has 1 N–H and O–H groups in total. The fraction of sp³-hybridized carbons (Fsp3) is 0.333. The highest BCUT2D eigenvalue weighted by Gasteiger charge is 2.29. The maximum atomic E-state index is 12.9. The van der Waals surface area contributed by atoms with E-state index in [9.17, 15) is 9.59 Å². The smallest absolute Gasteiger partial charge is 0.257 e. The molecule has 0 spiro atoms. The molecule has 0 bridgehead atoms. The Hall–Kier alpha value is -3.14. The summed E-state index contributed by atoms with van der Waals surface area (Å²) in [6.45, 7) is 2.92. The van der Waals surface area contributed by atoms with Gasteiger partial charge in [-0.3, -0.25) is 9.59 Å². The Balaban J connectivity index is 1.39. The highest BCUT2D eigenvalue weighted by molar-refractivity contribution is 7.13. The molecule has 3 aromatic heterocycles. The van der Waals surface area contributed by atoms with E-state index < -0.39 is 0 Å². The molecule has 1 fully saturated rings. The van der Waals surface area contributed by atoms with Gasteiger partial charge < -0.3 is 10.2 Å². The number of aromatic nitrogens is 5. The third-order valence-electron chi connectivity index (χ3n) is 4.85. The van der Waals surface area contributed by atoms with Crippen molar-refractivity contribution in [2.75, 3.05) is 18.4 Å². The topological polar surface area (TPSA) is 106 Å². The fourth-order valence-corrected chi connectivity index (χ4v) is 3.73. The van der Waals surface area contributed by atoms with Crippen molar-refractivity contribution in [1.29, 1.82) is 0 Å². The summed E-state index contributed by atoms with van der Waals surface area (Å²) in [4.78, 5) is 31.3. The molecule has 1 aliphatic rings. The second-order valence-electron chi connectivity index (χ2n) is 6.54. The van der Waals surface area contributed by atoms with Gasteiger partial charge in [-0.15, -0.1) is 10.2 Å². The zero-order chi connectivity index (χ0) is 19.5. The number of likely N-dealkylation sites (tertiary alicyclic amines) is 1. The number of rotatable bonds is 4. The van der Waals surface area contributed by atoms with Gasteiger partial charge in [-0.25, -0.2) is 9.67 Å². The van der Waals surface area contributed by atoms with Crippen molar-refractivity contribution in [2.24, 2.45) is 5.92 Å². The molecule has 9 nitrogen and oxygen atoms in total. The van der Waals surface area contributed by atoms with Gasteiger partial charge in [0, 0.05) is 25.2 Å². The highest BCUT2D eigenvalue weighted by atomic mass is 32.1. The van der Waals surface area contributed by atoms with Crippen molar-refractivity contribution >= 4 is 28.3 Å². The van der Waals surface area contributed by atoms with Crippen LogP contribution in [0.3, 0.4) is 0 Å². The number of nitrogens with zero attached hydrogens (tertiary/aromatic N) is 6. The van der Waals surface area contributed by atoms with E-state index >= 15 is 0 Å². The Morgan fingerprint density at radius 2 is 2.07 bits per heavy atom. The van der Waals surface area contributed by atoms with Gasteiger partial charge in [-0.1, -0.05) is 17.4 Å². The zero-order valence-electron chi connectivity index (χ0n) is 15.3. The summed E-state index contributed by atoms with van der Waals surface area (Å²) in [6, 6.07) is 5.55. The normalized spacial score (nSPS) is 14.8. The average Bonchev–Trinajstić information content (AvgIpc) is 3.38. The lowest BCUT2D eigenvalue weighted by molar-refractivity contribution is -0.121. The molecular formula is C18H19N7O2S. The molecule has 144 valence electrons.